The Kier molecular flexibility index (Phi) is 4.88. The van der Waals surface area contributed by atoms with E-state index in [2.05, 4.69) is 39.9 Å². The van der Waals surface area contributed by atoms with Crippen molar-refractivity contribution >= 4 is 15.8 Å². The van der Waals surface area contributed by atoms with Gasteiger partial charge in [0.05, 0.1) is 5.75 Å². The fourth-order valence-corrected chi connectivity index (χ4v) is 2.81. The molecular formula is C15H23N3O2S. The molecule has 0 aromatic heterocycles. The third-order valence-electron chi connectivity index (χ3n) is 3.82. The molecule has 1 aliphatic rings. The first kappa shape index (κ1) is 15.8. The van der Waals surface area contributed by atoms with E-state index in [4.69, 9.17) is 0 Å². The Morgan fingerprint density at radius 3 is 2.43 bits per heavy atom. The maximum atomic E-state index is 11.1. The fourth-order valence-electron chi connectivity index (χ4n) is 2.34. The van der Waals surface area contributed by atoms with E-state index < -0.39 is 9.84 Å². The third kappa shape index (κ3) is 4.74. The Bertz CT molecular complexity index is 593. The lowest BCUT2D eigenvalue weighted by Gasteiger charge is -2.19. The Morgan fingerprint density at radius 2 is 1.90 bits per heavy atom. The van der Waals surface area contributed by atoms with Crippen molar-refractivity contribution in [1.29, 1.82) is 0 Å². The smallest absolute Gasteiger partial charge is 0.191 e. The molecule has 6 heteroatoms. The first-order chi connectivity index (χ1) is 9.95. The van der Waals surface area contributed by atoms with Crippen LogP contribution in [-0.4, -0.2) is 46.5 Å². The SMILES string of the molecule is CN=C(NCCS(C)(=O)=O)NCC1(c2ccccc2)CC1. The van der Waals surface area contributed by atoms with Gasteiger partial charge in [-0.25, -0.2) is 8.42 Å². The summed E-state index contributed by atoms with van der Waals surface area (Å²) in [5.74, 6) is 0.762. The van der Waals surface area contributed by atoms with Gasteiger partial charge in [0.2, 0.25) is 0 Å². The summed E-state index contributed by atoms with van der Waals surface area (Å²) in [5.41, 5.74) is 1.56. The Labute approximate surface area is 126 Å². The second-order valence-corrected chi connectivity index (χ2v) is 7.89. The molecule has 5 nitrogen and oxygen atoms in total. The van der Waals surface area contributed by atoms with Gasteiger partial charge in [0, 0.05) is 31.8 Å². The Morgan fingerprint density at radius 1 is 1.24 bits per heavy atom. The molecule has 1 fully saturated rings. The molecule has 0 unspecified atom stereocenters. The van der Waals surface area contributed by atoms with Crippen LogP contribution in [0.3, 0.4) is 0 Å². The Hall–Kier alpha value is -1.56. The van der Waals surface area contributed by atoms with Gasteiger partial charge in [-0.15, -0.1) is 0 Å². The van der Waals surface area contributed by atoms with E-state index in [1.807, 2.05) is 6.07 Å². The fraction of sp³-hybridized carbons (Fsp3) is 0.533. The maximum Gasteiger partial charge on any atom is 0.191 e. The van der Waals surface area contributed by atoms with Crippen LogP contribution in [0.5, 0.6) is 0 Å². The van der Waals surface area contributed by atoms with Gasteiger partial charge in [0.1, 0.15) is 9.84 Å². The molecule has 0 radical (unpaired) electrons. The van der Waals surface area contributed by atoms with Crippen molar-refractivity contribution < 1.29 is 8.42 Å². The van der Waals surface area contributed by atoms with Crippen molar-refractivity contribution in [2.75, 3.05) is 32.1 Å². The highest BCUT2D eigenvalue weighted by molar-refractivity contribution is 7.90. The van der Waals surface area contributed by atoms with Gasteiger partial charge >= 0.3 is 0 Å². The summed E-state index contributed by atoms with van der Waals surface area (Å²) in [6, 6.07) is 10.5. The van der Waals surface area contributed by atoms with Crippen LogP contribution in [0.25, 0.3) is 0 Å². The topological polar surface area (TPSA) is 70.6 Å². The van der Waals surface area contributed by atoms with E-state index in [0.717, 1.165) is 6.54 Å². The molecule has 2 rings (SSSR count). The zero-order valence-corrected chi connectivity index (χ0v) is 13.4. The van der Waals surface area contributed by atoms with Gasteiger partial charge in [-0.05, 0) is 18.4 Å². The molecule has 1 aliphatic carbocycles. The van der Waals surface area contributed by atoms with E-state index in [1.165, 1.54) is 24.7 Å². The van der Waals surface area contributed by atoms with Gasteiger partial charge in [-0.2, -0.15) is 0 Å². The third-order valence-corrected chi connectivity index (χ3v) is 4.77. The standard InChI is InChI=1S/C15H23N3O2S/c1-16-14(17-10-11-21(2,19)20)18-12-15(8-9-15)13-6-4-3-5-7-13/h3-7H,8-12H2,1-2H3,(H2,16,17,18). The van der Waals surface area contributed by atoms with Crippen molar-refractivity contribution in [3.05, 3.63) is 35.9 Å². The summed E-state index contributed by atoms with van der Waals surface area (Å²) in [6.45, 7) is 1.19. The normalized spacial score (nSPS) is 17.3. The lowest BCUT2D eigenvalue weighted by Crippen LogP contribution is -2.42. The van der Waals surface area contributed by atoms with Crippen molar-refractivity contribution in [3.8, 4) is 0 Å². The van der Waals surface area contributed by atoms with Crippen LogP contribution in [0.15, 0.2) is 35.3 Å². The minimum atomic E-state index is -2.95. The predicted octanol–water partition coefficient (Wildman–Crippen LogP) is 0.928. The van der Waals surface area contributed by atoms with E-state index in [1.54, 1.807) is 7.05 Å². The minimum absolute atomic E-state index is 0.109. The molecule has 1 aromatic rings. The van der Waals surface area contributed by atoms with Crippen LogP contribution in [0.1, 0.15) is 18.4 Å². The van der Waals surface area contributed by atoms with Crippen molar-refractivity contribution in [3.63, 3.8) is 0 Å². The summed E-state index contributed by atoms with van der Waals surface area (Å²) in [5, 5.41) is 6.34. The van der Waals surface area contributed by atoms with Crippen LogP contribution < -0.4 is 10.6 Å². The molecule has 0 aliphatic heterocycles. The monoisotopic (exact) mass is 309 g/mol. The van der Waals surface area contributed by atoms with Crippen molar-refractivity contribution in [1.82, 2.24) is 10.6 Å². The summed E-state index contributed by atoms with van der Waals surface area (Å²) in [6.07, 6.45) is 3.58. The largest absolute Gasteiger partial charge is 0.356 e. The number of benzene rings is 1. The van der Waals surface area contributed by atoms with Gasteiger partial charge in [0.15, 0.2) is 5.96 Å². The quantitative estimate of drug-likeness (QED) is 0.606. The average Bonchev–Trinajstić information content (AvgIpc) is 3.23. The number of sulfone groups is 1. The number of rotatable bonds is 6. The number of aliphatic imine (C=N–C) groups is 1. The number of nitrogens with zero attached hydrogens (tertiary/aromatic N) is 1. The van der Waals surface area contributed by atoms with E-state index in [-0.39, 0.29) is 11.2 Å². The van der Waals surface area contributed by atoms with Crippen LogP contribution in [0, 0.1) is 0 Å². The zero-order chi connectivity index (χ0) is 15.3. The van der Waals surface area contributed by atoms with Crippen LogP contribution in [0.2, 0.25) is 0 Å². The number of guanidine groups is 1. The van der Waals surface area contributed by atoms with Gasteiger partial charge < -0.3 is 10.6 Å². The van der Waals surface area contributed by atoms with Crippen molar-refractivity contribution in [2.24, 2.45) is 4.99 Å². The van der Waals surface area contributed by atoms with Gasteiger partial charge in [0.25, 0.3) is 0 Å². The van der Waals surface area contributed by atoms with E-state index >= 15 is 0 Å². The van der Waals surface area contributed by atoms with E-state index in [9.17, 15) is 8.42 Å². The summed E-state index contributed by atoms with van der Waals surface area (Å²) >= 11 is 0. The first-order valence-corrected chi connectivity index (χ1v) is 9.19. The molecule has 21 heavy (non-hydrogen) atoms. The molecule has 0 atom stereocenters. The lowest BCUT2D eigenvalue weighted by atomic mass is 9.96. The molecular weight excluding hydrogens is 286 g/mol. The molecule has 2 N–H and O–H groups in total. The highest BCUT2D eigenvalue weighted by atomic mass is 32.2. The number of hydrogen-bond donors (Lipinski definition) is 2. The molecule has 0 saturated heterocycles. The number of hydrogen-bond acceptors (Lipinski definition) is 3. The molecule has 116 valence electrons. The highest BCUT2D eigenvalue weighted by Gasteiger charge is 2.43. The zero-order valence-electron chi connectivity index (χ0n) is 12.6. The summed E-state index contributed by atoms with van der Waals surface area (Å²) < 4.78 is 22.2. The van der Waals surface area contributed by atoms with Gasteiger partial charge in [-0.1, -0.05) is 30.3 Å². The molecule has 0 heterocycles. The molecule has 0 bridgehead atoms. The Balaban J connectivity index is 1.84. The maximum absolute atomic E-state index is 11.1. The number of nitrogens with one attached hydrogen (secondary N) is 2. The van der Waals surface area contributed by atoms with Gasteiger partial charge in [-0.3, -0.25) is 4.99 Å². The molecule has 1 aromatic carbocycles. The second kappa shape index (κ2) is 6.47. The highest BCUT2D eigenvalue weighted by Crippen LogP contribution is 2.47. The van der Waals surface area contributed by atoms with E-state index in [0.29, 0.717) is 12.5 Å². The van der Waals surface area contributed by atoms with Crippen LogP contribution in [0.4, 0.5) is 0 Å². The van der Waals surface area contributed by atoms with Crippen LogP contribution in [-0.2, 0) is 15.3 Å². The first-order valence-electron chi connectivity index (χ1n) is 7.13. The minimum Gasteiger partial charge on any atom is -0.356 e. The summed E-state index contributed by atoms with van der Waals surface area (Å²) in [7, 11) is -1.25. The predicted molar refractivity (Wildman–Crippen MR) is 86.4 cm³/mol. The van der Waals surface area contributed by atoms with Crippen molar-refractivity contribution in [2.45, 2.75) is 18.3 Å². The molecule has 0 amide bonds. The molecule has 0 spiro atoms. The van der Waals surface area contributed by atoms with Crippen LogP contribution >= 0.6 is 0 Å². The second-order valence-electron chi connectivity index (χ2n) is 5.63. The lowest BCUT2D eigenvalue weighted by molar-refractivity contribution is 0.599. The summed E-state index contributed by atoms with van der Waals surface area (Å²) in [4.78, 5) is 4.13. The average molecular weight is 309 g/mol. The molecule has 1 saturated carbocycles.